The second-order valence-electron chi connectivity index (χ2n) is 7.84. The topological polar surface area (TPSA) is 16.4 Å². The van der Waals surface area contributed by atoms with E-state index in [2.05, 4.69) is 55.6 Å². The number of nitrogens with zero attached hydrogens (tertiary/aromatic N) is 1. The van der Waals surface area contributed by atoms with Gasteiger partial charge in [-0.1, -0.05) is 23.6 Å². The van der Waals surface area contributed by atoms with Gasteiger partial charge in [0.15, 0.2) is 6.54 Å². The molecule has 3 heterocycles. The van der Waals surface area contributed by atoms with Crippen molar-refractivity contribution >= 4 is 27.6 Å². The molecule has 0 atom stereocenters. The van der Waals surface area contributed by atoms with Gasteiger partial charge < -0.3 is 4.42 Å². The van der Waals surface area contributed by atoms with Crippen LogP contribution >= 0.6 is 0 Å². The molecule has 0 spiro atoms. The molecular weight excluding hydrogens is 474 g/mol. The van der Waals surface area contributed by atoms with E-state index in [1.807, 2.05) is 12.1 Å². The summed E-state index contributed by atoms with van der Waals surface area (Å²) in [4.78, 5) is 2.46. The fourth-order valence-corrected chi connectivity index (χ4v) is 4.35. The molecule has 2 saturated heterocycles. The molecule has 2 aliphatic heterocycles. The Hall–Kier alpha value is -1.44. The molecule has 0 N–H and O–H groups in total. The van der Waals surface area contributed by atoms with Crippen molar-refractivity contribution in [2.75, 3.05) is 4.90 Å². The van der Waals surface area contributed by atoms with Crippen molar-refractivity contribution in [3.8, 4) is 0 Å². The Balaban J connectivity index is 0.00000146. The first kappa shape index (κ1) is 16.1. The van der Waals surface area contributed by atoms with E-state index in [4.69, 9.17) is 4.42 Å². The fraction of sp³-hybridized carbons (Fsp3) is 0.381. The van der Waals surface area contributed by atoms with Crippen molar-refractivity contribution in [3.05, 3.63) is 49.0 Å². The molecular formula is C21H21IrNO. The number of hydrogen-bond donors (Lipinski definition) is 0. The van der Waals surface area contributed by atoms with Crippen molar-refractivity contribution in [2.45, 2.75) is 45.1 Å². The monoisotopic (exact) mass is 496 g/mol. The molecule has 3 fully saturated rings. The molecule has 3 aromatic rings. The number of para-hydroxylation sites is 1. The zero-order chi connectivity index (χ0) is 15.7. The van der Waals surface area contributed by atoms with Crippen LogP contribution in [-0.4, -0.2) is 5.54 Å². The van der Waals surface area contributed by atoms with E-state index in [1.54, 1.807) is 0 Å². The summed E-state index contributed by atoms with van der Waals surface area (Å²) < 4.78 is 6.06. The Kier molecular flexibility index (Phi) is 3.53. The molecule has 2 bridgehead atoms. The van der Waals surface area contributed by atoms with Gasteiger partial charge in [-0.25, -0.2) is 4.90 Å². The summed E-state index contributed by atoms with van der Waals surface area (Å²) in [5, 5.41) is 2.33. The van der Waals surface area contributed by atoms with Crippen molar-refractivity contribution in [1.29, 1.82) is 0 Å². The van der Waals surface area contributed by atoms with E-state index in [0.717, 1.165) is 22.2 Å². The third-order valence-electron chi connectivity index (χ3n) is 6.05. The zero-order valence-electron chi connectivity index (χ0n) is 14.1. The number of furan rings is 1. The van der Waals surface area contributed by atoms with Crippen LogP contribution in [0.15, 0.2) is 40.8 Å². The van der Waals surface area contributed by atoms with Gasteiger partial charge in [-0.3, -0.25) is 0 Å². The van der Waals surface area contributed by atoms with Crippen LogP contribution in [0.2, 0.25) is 0 Å². The van der Waals surface area contributed by atoms with Crippen LogP contribution in [-0.2, 0) is 20.1 Å². The molecule has 1 aromatic heterocycles. The maximum atomic E-state index is 6.06. The molecule has 3 heteroatoms. The second-order valence-corrected chi connectivity index (χ2v) is 7.84. The van der Waals surface area contributed by atoms with E-state index in [9.17, 15) is 0 Å². The Morgan fingerprint density at radius 1 is 1.04 bits per heavy atom. The maximum Gasteiger partial charge on any atom is 0.187 e. The maximum absolute atomic E-state index is 6.06. The molecule has 0 amide bonds. The van der Waals surface area contributed by atoms with E-state index in [0.29, 0.717) is 5.41 Å². The SMILES string of the molecule is CC12[CH+]N(c3[c-]cc4c(c3)oc3ccccc34)C(C)(CC1)CC2.[Ir]. The summed E-state index contributed by atoms with van der Waals surface area (Å²) in [6.45, 7) is 7.22. The average molecular weight is 496 g/mol. The molecule has 1 aliphatic carbocycles. The molecule has 6 rings (SSSR count). The summed E-state index contributed by atoms with van der Waals surface area (Å²) in [7, 11) is 0. The molecule has 2 nitrogen and oxygen atoms in total. The molecule has 2 aromatic carbocycles. The first-order chi connectivity index (χ1) is 11.1. The van der Waals surface area contributed by atoms with Gasteiger partial charge in [0.2, 0.25) is 0 Å². The third kappa shape index (κ3) is 2.22. The predicted molar refractivity (Wildman–Crippen MR) is 94.3 cm³/mol. The Bertz CT molecular complexity index is 904. The number of hydrogen-bond acceptors (Lipinski definition) is 2. The molecule has 24 heavy (non-hydrogen) atoms. The number of anilines is 1. The summed E-state index contributed by atoms with van der Waals surface area (Å²) >= 11 is 0. The van der Waals surface area contributed by atoms with Gasteiger partial charge in [0.1, 0.15) is 11.0 Å². The standard InChI is InChI=1S/C21H21NO.Ir/c1-20-9-11-21(2,12-10-20)22(14-20)15-7-8-17-16-5-3-4-6-18(16)23-19(17)13-15;/h3-6,8,13-14H,9-12H2,1-2H3;. The van der Waals surface area contributed by atoms with Gasteiger partial charge >= 0.3 is 0 Å². The number of fused-ring (bicyclic) bond motifs is 6. The van der Waals surface area contributed by atoms with Crippen LogP contribution in [0.4, 0.5) is 5.69 Å². The minimum Gasteiger partial charge on any atom is -0.483 e. The number of rotatable bonds is 1. The Morgan fingerprint density at radius 3 is 2.58 bits per heavy atom. The fourth-order valence-electron chi connectivity index (χ4n) is 4.35. The molecule has 1 radical (unpaired) electrons. The number of piperidine rings is 2. The summed E-state index contributed by atoms with van der Waals surface area (Å²) in [5.74, 6) is 0. The van der Waals surface area contributed by atoms with Crippen LogP contribution in [0, 0.1) is 18.0 Å². The third-order valence-corrected chi connectivity index (χ3v) is 6.05. The minimum absolute atomic E-state index is 0. The van der Waals surface area contributed by atoms with Crippen LogP contribution in [0.3, 0.4) is 0 Å². The molecule has 3 aliphatic rings. The second kappa shape index (κ2) is 5.28. The smallest absolute Gasteiger partial charge is 0.187 e. The van der Waals surface area contributed by atoms with E-state index in [1.165, 1.54) is 31.1 Å². The van der Waals surface area contributed by atoms with Gasteiger partial charge in [-0.05, 0) is 56.7 Å². The van der Waals surface area contributed by atoms with Crippen LogP contribution < -0.4 is 4.90 Å². The van der Waals surface area contributed by atoms with E-state index < -0.39 is 0 Å². The van der Waals surface area contributed by atoms with Gasteiger partial charge in [-0.15, -0.1) is 6.07 Å². The van der Waals surface area contributed by atoms with E-state index >= 15 is 0 Å². The molecule has 125 valence electrons. The number of benzene rings is 2. The van der Waals surface area contributed by atoms with Crippen molar-refractivity contribution in [3.63, 3.8) is 0 Å². The van der Waals surface area contributed by atoms with Crippen LogP contribution in [0.5, 0.6) is 0 Å². The van der Waals surface area contributed by atoms with Gasteiger partial charge in [0, 0.05) is 25.7 Å². The van der Waals surface area contributed by atoms with Crippen molar-refractivity contribution in [1.82, 2.24) is 0 Å². The van der Waals surface area contributed by atoms with E-state index in [-0.39, 0.29) is 25.6 Å². The van der Waals surface area contributed by atoms with Crippen molar-refractivity contribution < 1.29 is 24.5 Å². The van der Waals surface area contributed by atoms with Gasteiger partial charge in [0.25, 0.3) is 0 Å². The quantitative estimate of drug-likeness (QED) is 0.403. The minimum atomic E-state index is 0. The normalized spacial score (nSPS) is 28.8. The first-order valence-corrected chi connectivity index (χ1v) is 8.55. The first-order valence-electron chi connectivity index (χ1n) is 8.55. The van der Waals surface area contributed by atoms with Crippen LogP contribution in [0.25, 0.3) is 21.9 Å². The van der Waals surface area contributed by atoms with Crippen LogP contribution in [0.1, 0.15) is 39.5 Å². The largest absolute Gasteiger partial charge is 0.483 e. The predicted octanol–water partition coefficient (Wildman–Crippen LogP) is 5.70. The Labute approximate surface area is 156 Å². The summed E-state index contributed by atoms with van der Waals surface area (Å²) in [5.41, 5.74) is 3.63. The molecule has 1 saturated carbocycles. The average Bonchev–Trinajstić information content (AvgIpc) is 2.93. The van der Waals surface area contributed by atoms with Gasteiger partial charge in [0.05, 0.1) is 5.54 Å². The Morgan fingerprint density at radius 2 is 1.79 bits per heavy atom. The van der Waals surface area contributed by atoms with Crippen molar-refractivity contribution in [2.24, 2.45) is 5.41 Å². The summed E-state index contributed by atoms with van der Waals surface area (Å²) in [6, 6.07) is 16.0. The zero-order valence-corrected chi connectivity index (χ0v) is 16.5. The molecule has 0 unspecified atom stereocenters. The van der Waals surface area contributed by atoms with Gasteiger partial charge in [-0.2, -0.15) is 12.1 Å². The summed E-state index contributed by atoms with van der Waals surface area (Å²) in [6.07, 6.45) is 5.11.